The minimum atomic E-state index is -4.30. The molecule has 3 aromatic rings. The van der Waals surface area contributed by atoms with Crippen molar-refractivity contribution in [3.8, 4) is 22.9 Å². The topological polar surface area (TPSA) is 134 Å². The van der Waals surface area contributed by atoms with E-state index in [-0.39, 0.29) is 23.2 Å². The van der Waals surface area contributed by atoms with E-state index in [4.69, 9.17) is 15.2 Å². The molecule has 9 nitrogen and oxygen atoms in total. The molecule has 1 saturated carbocycles. The van der Waals surface area contributed by atoms with Gasteiger partial charge in [0.2, 0.25) is 5.88 Å². The summed E-state index contributed by atoms with van der Waals surface area (Å²) >= 11 is 0. The summed E-state index contributed by atoms with van der Waals surface area (Å²) in [5, 5.41) is -0.391. The number of nitrogens with two attached hydrogens (primary N) is 1. The molecule has 0 bridgehead atoms. The van der Waals surface area contributed by atoms with Crippen LogP contribution in [0.3, 0.4) is 0 Å². The molecule has 0 spiro atoms. The third-order valence-electron chi connectivity index (χ3n) is 6.03. The van der Waals surface area contributed by atoms with Gasteiger partial charge in [-0.15, -0.1) is 0 Å². The standard InChI is InChI=1S/C27H31FN4O5S/c1-17(2)15-36-21-13-19(12-20(28)14-21)23-11-10-22(27(30-23)37-16-18-6-3-4-7-18)26(33)32-38(34,35)25-9-5-8-24(29)31-25/h5,8-14,17-18H,3-4,6-7,15-16H2,1-2H3,(H2,29,31)(H,32,33). The molecular formula is C27H31FN4O5S. The summed E-state index contributed by atoms with van der Waals surface area (Å²) in [5.41, 5.74) is 6.29. The molecule has 2 heterocycles. The minimum absolute atomic E-state index is 0.00114. The second-order valence-electron chi connectivity index (χ2n) is 9.73. The van der Waals surface area contributed by atoms with Crippen molar-refractivity contribution in [1.82, 2.24) is 14.7 Å². The Morgan fingerprint density at radius 2 is 1.87 bits per heavy atom. The predicted octanol–water partition coefficient (Wildman–Crippen LogP) is 4.59. The first kappa shape index (κ1) is 27.3. The first-order valence-corrected chi connectivity index (χ1v) is 14.0. The van der Waals surface area contributed by atoms with E-state index < -0.39 is 26.8 Å². The number of rotatable bonds is 10. The first-order chi connectivity index (χ1) is 18.1. The molecule has 0 saturated heterocycles. The zero-order valence-corrected chi connectivity index (χ0v) is 22.1. The normalized spacial score (nSPS) is 14.0. The van der Waals surface area contributed by atoms with Crippen molar-refractivity contribution in [2.75, 3.05) is 18.9 Å². The molecule has 1 aliphatic rings. The average molecular weight is 543 g/mol. The third kappa shape index (κ3) is 6.97. The number of nitrogens with one attached hydrogen (secondary N) is 1. The van der Waals surface area contributed by atoms with E-state index >= 15 is 0 Å². The Hall–Kier alpha value is -3.73. The van der Waals surface area contributed by atoms with Crippen LogP contribution in [0.1, 0.15) is 49.9 Å². The molecule has 202 valence electrons. The number of carbonyl (C=O) groups excluding carboxylic acids is 1. The summed E-state index contributed by atoms with van der Waals surface area (Å²) in [6.07, 6.45) is 4.19. The van der Waals surface area contributed by atoms with E-state index in [1.165, 1.54) is 42.5 Å². The lowest BCUT2D eigenvalue weighted by atomic mass is 10.1. The summed E-state index contributed by atoms with van der Waals surface area (Å²) in [6, 6.07) is 11.3. The number of ether oxygens (including phenoxy) is 2. The molecule has 1 fully saturated rings. The fourth-order valence-electron chi connectivity index (χ4n) is 4.12. The first-order valence-electron chi connectivity index (χ1n) is 12.5. The zero-order chi connectivity index (χ0) is 27.3. The number of amides is 1. The van der Waals surface area contributed by atoms with Gasteiger partial charge < -0.3 is 15.2 Å². The monoisotopic (exact) mass is 542 g/mol. The van der Waals surface area contributed by atoms with Gasteiger partial charge in [-0.2, -0.15) is 8.42 Å². The van der Waals surface area contributed by atoms with Crippen LogP contribution >= 0.6 is 0 Å². The van der Waals surface area contributed by atoms with Crippen LogP contribution in [0.15, 0.2) is 53.6 Å². The van der Waals surface area contributed by atoms with Gasteiger partial charge in [0.15, 0.2) is 5.03 Å². The second kappa shape index (κ2) is 11.8. The fraction of sp³-hybridized carbons (Fsp3) is 0.370. The van der Waals surface area contributed by atoms with E-state index in [9.17, 15) is 17.6 Å². The van der Waals surface area contributed by atoms with E-state index in [0.29, 0.717) is 36.1 Å². The summed E-state index contributed by atoms with van der Waals surface area (Å²) in [6.45, 7) is 4.72. The minimum Gasteiger partial charge on any atom is -0.493 e. The predicted molar refractivity (Wildman–Crippen MR) is 141 cm³/mol. The number of pyridine rings is 2. The summed E-state index contributed by atoms with van der Waals surface area (Å²) in [7, 11) is -4.30. The number of benzene rings is 1. The molecule has 2 aromatic heterocycles. The molecule has 38 heavy (non-hydrogen) atoms. The van der Waals surface area contributed by atoms with E-state index in [0.717, 1.165) is 25.7 Å². The van der Waals surface area contributed by atoms with Crippen molar-refractivity contribution in [1.29, 1.82) is 0 Å². The van der Waals surface area contributed by atoms with Gasteiger partial charge in [-0.1, -0.05) is 32.8 Å². The number of hydrogen-bond donors (Lipinski definition) is 2. The largest absolute Gasteiger partial charge is 0.493 e. The molecule has 0 atom stereocenters. The van der Waals surface area contributed by atoms with Gasteiger partial charge in [0.05, 0.1) is 18.9 Å². The molecule has 1 aliphatic carbocycles. The van der Waals surface area contributed by atoms with Crippen molar-refractivity contribution in [3.63, 3.8) is 0 Å². The summed E-state index contributed by atoms with van der Waals surface area (Å²) in [5.74, 6) is -0.565. The smallest absolute Gasteiger partial charge is 0.281 e. The quantitative estimate of drug-likeness (QED) is 0.380. The molecule has 11 heteroatoms. The van der Waals surface area contributed by atoms with Crippen LogP contribution in [-0.2, 0) is 10.0 Å². The number of anilines is 1. The molecule has 4 rings (SSSR count). The summed E-state index contributed by atoms with van der Waals surface area (Å²) in [4.78, 5) is 21.4. The number of sulfonamides is 1. The number of nitrogens with zero attached hydrogens (tertiary/aromatic N) is 2. The molecule has 1 amide bonds. The van der Waals surface area contributed by atoms with Crippen molar-refractivity contribution < 1.29 is 27.1 Å². The van der Waals surface area contributed by atoms with Gasteiger partial charge in [0, 0.05) is 11.6 Å². The Morgan fingerprint density at radius 3 is 2.58 bits per heavy atom. The number of aromatic nitrogens is 2. The summed E-state index contributed by atoms with van der Waals surface area (Å²) < 4.78 is 53.5. The maximum atomic E-state index is 14.4. The van der Waals surface area contributed by atoms with Crippen molar-refractivity contribution in [2.24, 2.45) is 11.8 Å². The number of carbonyl (C=O) groups is 1. The van der Waals surface area contributed by atoms with E-state index in [1.807, 2.05) is 18.6 Å². The number of hydrogen-bond acceptors (Lipinski definition) is 8. The van der Waals surface area contributed by atoms with Crippen LogP contribution in [0, 0.1) is 17.7 Å². The Morgan fingerprint density at radius 1 is 1.11 bits per heavy atom. The van der Waals surface area contributed by atoms with Crippen molar-refractivity contribution in [3.05, 3.63) is 59.9 Å². The third-order valence-corrected chi connectivity index (χ3v) is 7.27. The molecule has 0 radical (unpaired) electrons. The van der Waals surface area contributed by atoms with E-state index in [2.05, 4.69) is 9.97 Å². The Labute approximate surface area is 221 Å². The van der Waals surface area contributed by atoms with Crippen molar-refractivity contribution in [2.45, 2.75) is 44.6 Å². The van der Waals surface area contributed by atoms with Gasteiger partial charge in [-0.3, -0.25) is 4.79 Å². The van der Waals surface area contributed by atoms with E-state index in [1.54, 1.807) is 6.07 Å². The zero-order valence-electron chi connectivity index (χ0n) is 21.3. The van der Waals surface area contributed by atoms with Crippen LogP contribution in [0.4, 0.5) is 10.2 Å². The van der Waals surface area contributed by atoms with Gasteiger partial charge in [-0.05, 0) is 61.1 Å². The molecule has 0 aliphatic heterocycles. The lowest BCUT2D eigenvalue weighted by Gasteiger charge is -2.16. The average Bonchev–Trinajstić information content (AvgIpc) is 3.39. The highest BCUT2D eigenvalue weighted by Crippen LogP contribution is 2.30. The van der Waals surface area contributed by atoms with Crippen LogP contribution in [0.25, 0.3) is 11.3 Å². The van der Waals surface area contributed by atoms with Crippen LogP contribution in [-0.4, -0.2) is 37.5 Å². The maximum absolute atomic E-state index is 14.4. The highest BCUT2D eigenvalue weighted by atomic mass is 32.2. The lowest BCUT2D eigenvalue weighted by molar-refractivity contribution is 0.0975. The number of nitrogen functional groups attached to an aromatic ring is 1. The second-order valence-corrected chi connectivity index (χ2v) is 11.4. The molecule has 0 unspecified atom stereocenters. The van der Waals surface area contributed by atoms with Crippen molar-refractivity contribution >= 4 is 21.7 Å². The highest BCUT2D eigenvalue weighted by molar-refractivity contribution is 7.90. The maximum Gasteiger partial charge on any atom is 0.281 e. The van der Waals surface area contributed by atoms with Gasteiger partial charge in [-0.25, -0.2) is 19.1 Å². The fourth-order valence-corrected chi connectivity index (χ4v) is 5.07. The van der Waals surface area contributed by atoms with Crippen LogP contribution in [0.2, 0.25) is 0 Å². The van der Waals surface area contributed by atoms with Crippen LogP contribution < -0.4 is 19.9 Å². The Kier molecular flexibility index (Phi) is 8.45. The van der Waals surface area contributed by atoms with Gasteiger partial charge in [0.1, 0.15) is 22.9 Å². The van der Waals surface area contributed by atoms with Crippen LogP contribution in [0.5, 0.6) is 11.6 Å². The molecule has 3 N–H and O–H groups in total. The van der Waals surface area contributed by atoms with Gasteiger partial charge in [0.25, 0.3) is 15.9 Å². The molecular weight excluding hydrogens is 511 g/mol. The highest BCUT2D eigenvalue weighted by Gasteiger charge is 2.25. The number of halogens is 1. The Bertz CT molecular complexity index is 1410. The van der Waals surface area contributed by atoms with Gasteiger partial charge >= 0.3 is 0 Å². The lowest BCUT2D eigenvalue weighted by Crippen LogP contribution is -2.32. The molecule has 1 aromatic carbocycles. The Balaban J connectivity index is 1.65. The SMILES string of the molecule is CC(C)COc1cc(F)cc(-c2ccc(C(=O)NS(=O)(=O)c3cccc(N)n3)c(OCC3CCCC3)n2)c1.